The van der Waals surface area contributed by atoms with Gasteiger partial charge in [0, 0.05) is 11.7 Å². The number of hydrogen-bond acceptors (Lipinski definition) is 7. The standard InChI is InChI=1S/C36H49N7O2/c1-36(2,3)24-10-12-25(13-11-24)43-32(22-8-14-26(37)30(20-22)41-34(44)28-6-4-18-39-28)16-17-33(43)23-9-15-27(38)31(21-23)42-35(45)29-7-5-19-40-29/h8-15,20-21,26,28-30,32-33,39-40H,4-7,16-19,37-38H2,1-3H3,(H,41,44)(H,42,45). The van der Waals surface area contributed by atoms with Crippen molar-refractivity contribution in [3.8, 4) is 0 Å². The molecule has 6 rings (SSSR count). The monoisotopic (exact) mass is 611 g/mol. The molecule has 3 fully saturated rings. The minimum atomic E-state index is -0.284. The van der Waals surface area contributed by atoms with Gasteiger partial charge in [-0.25, -0.2) is 0 Å². The lowest BCUT2D eigenvalue weighted by molar-refractivity contribution is -0.123. The zero-order chi connectivity index (χ0) is 31.7. The van der Waals surface area contributed by atoms with E-state index in [2.05, 4.69) is 89.4 Å². The smallest absolute Gasteiger partial charge is 0.241 e. The average molecular weight is 612 g/mol. The van der Waals surface area contributed by atoms with Gasteiger partial charge in [0.2, 0.25) is 11.8 Å². The molecule has 6 atom stereocenters. The predicted octanol–water partition coefficient (Wildman–Crippen LogP) is 4.03. The second-order valence-corrected chi connectivity index (χ2v) is 14.1. The van der Waals surface area contributed by atoms with Crippen molar-refractivity contribution in [1.29, 1.82) is 0 Å². The van der Waals surface area contributed by atoms with Crippen LogP contribution < -0.4 is 37.6 Å². The third-order valence-electron chi connectivity index (χ3n) is 9.88. The number of anilines is 3. The van der Waals surface area contributed by atoms with Crippen LogP contribution in [0.5, 0.6) is 0 Å². The van der Waals surface area contributed by atoms with E-state index in [9.17, 15) is 9.59 Å². The van der Waals surface area contributed by atoms with Gasteiger partial charge in [0.25, 0.3) is 0 Å². The number of rotatable bonds is 7. The van der Waals surface area contributed by atoms with Crippen LogP contribution in [0.4, 0.5) is 17.1 Å². The molecule has 2 aromatic rings. The van der Waals surface area contributed by atoms with Crippen molar-refractivity contribution >= 4 is 28.9 Å². The summed E-state index contributed by atoms with van der Waals surface area (Å²) in [6, 6.07) is 14.2. The van der Waals surface area contributed by atoms with Crippen LogP contribution in [0, 0.1) is 0 Å². The average Bonchev–Trinajstić information content (AvgIpc) is 3.82. The van der Waals surface area contributed by atoms with Crippen molar-refractivity contribution in [1.82, 2.24) is 16.0 Å². The number of hydrogen-bond donors (Lipinski definition) is 6. The number of carbonyl (C=O) groups is 2. The lowest BCUT2D eigenvalue weighted by Gasteiger charge is -2.36. The Morgan fingerprint density at radius 1 is 0.889 bits per heavy atom. The number of carbonyl (C=O) groups excluding carboxylic acids is 2. The Balaban J connectivity index is 1.31. The molecule has 3 heterocycles. The fraction of sp³-hybridized carbons (Fsp3) is 0.500. The number of nitrogens with one attached hydrogen (secondary N) is 4. The maximum atomic E-state index is 13.0. The van der Waals surface area contributed by atoms with E-state index in [0.29, 0.717) is 11.4 Å². The first-order valence-electron chi connectivity index (χ1n) is 16.6. The van der Waals surface area contributed by atoms with Gasteiger partial charge in [-0.15, -0.1) is 0 Å². The van der Waals surface area contributed by atoms with Crippen molar-refractivity contribution in [2.45, 2.75) is 101 Å². The predicted molar refractivity (Wildman–Crippen MR) is 182 cm³/mol. The van der Waals surface area contributed by atoms with Crippen LogP contribution in [-0.4, -0.2) is 55.1 Å². The summed E-state index contributed by atoms with van der Waals surface area (Å²) in [4.78, 5) is 28.5. The number of nitrogens with zero attached hydrogens (tertiary/aromatic N) is 1. The van der Waals surface area contributed by atoms with Crippen molar-refractivity contribution < 1.29 is 9.59 Å². The molecule has 45 heavy (non-hydrogen) atoms. The van der Waals surface area contributed by atoms with E-state index in [-0.39, 0.29) is 53.5 Å². The Morgan fingerprint density at radius 3 is 2.20 bits per heavy atom. The first-order valence-corrected chi connectivity index (χ1v) is 16.6. The second kappa shape index (κ2) is 13.0. The first-order chi connectivity index (χ1) is 21.6. The molecule has 9 nitrogen and oxygen atoms in total. The quantitative estimate of drug-likeness (QED) is 0.260. The molecular weight excluding hydrogens is 562 g/mol. The van der Waals surface area contributed by atoms with E-state index in [4.69, 9.17) is 11.5 Å². The largest absolute Gasteiger partial charge is 0.397 e. The minimum absolute atomic E-state index is 0.0158. The van der Waals surface area contributed by atoms with E-state index in [0.717, 1.165) is 68.4 Å². The Hall–Kier alpha value is -3.66. The molecule has 0 radical (unpaired) electrons. The Kier molecular flexibility index (Phi) is 9.04. The molecule has 0 bridgehead atoms. The highest BCUT2D eigenvalue weighted by molar-refractivity contribution is 5.97. The molecule has 2 amide bonds. The van der Waals surface area contributed by atoms with Crippen LogP contribution in [-0.2, 0) is 15.0 Å². The highest BCUT2D eigenvalue weighted by Crippen LogP contribution is 2.44. The normalized spacial score (nSPS) is 28.3. The Morgan fingerprint density at radius 2 is 1.56 bits per heavy atom. The summed E-state index contributed by atoms with van der Waals surface area (Å²) in [7, 11) is 0. The van der Waals surface area contributed by atoms with Crippen LogP contribution in [0.2, 0.25) is 0 Å². The highest BCUT2D eigenvalue weighted by atomic mass is 16.2. The summed E-state index contributed by atoms with van der Waals surface area (Å²) in [6.45, 7) is 8.41. The fourth-order valence-corrected chi connectivity index (χ4v) is 7.23. The topological polar surface area (TPSA) is 138 Å². The molecule has 2 aromatic carbocycles. The molecule has 240 valence electrons. The van der Waals surface area contributed by atoms with Gasteiger partial charge in [0.1, 0.15) is 0 Å². The molecule has 9 heteroatoms. The van der Waals surface area contributed by atoms with Crippen molar-refractivity contribution in [3.63, 3.8) is 0 Å². The SMILES string of the molecule is CC(C)(C)c1ccc(N2C(C3=CC(NC(=O)C4CCCN4)C(N)C=C3)CCC2c2ccc(N)c(NC(=O)C3CCCN3)c2)cc1. The third-order valence-corrected chi connectivity index (χ3v) is 9.88. The fourth-order valence-electron chi connectivity index (χ4n) is 7.23. The van der Waals surface area contributed by atoms with Crippen molar-refractivity contribution in [3.05, 3.63) is 77.4 Å². The van der Waals surface area contributed by atoms with Gasteiger partial charge >= 0.3 is 0 Å². The lowest BCUT2D eigenvalue weighted by atomic mass is 9.87. The lowest BCUT2D eigenvalue weighted by Crippen LogP contribution is -2.52. The molecule has 0 spiro atoms. The molecule has 4 aliphatic rings. The summed E-state index contributed by atoms with van der Waals surface area (Å²) in [5.41, 5.74) is 18.8. The van der Waals surface area contributed by atoms with Gasteiger partial charge in [-0.05, 0) is 98.0 Å². The molecule has 0 aromatic heterocycles. The second-order valence-electron chi connectivity index (χ2n) is 14.1. The number of nitrogen functional groups attached to an aromatic ring is 1. The molecule has 1 aliphatic carbocycles. The number of benzene rings is 2. The molecule has 6 unspecified atom stereocenters. The zero-order valence-corrected chi connectivity index (χ0v) is 26.8. The first kappa shape index (κ1) is 31.3. The van der Waals surface area contributed by atoms with Crippen molar-refractivity contribution in [2.24, 2.45) is 5.73 Å². The summed E-state index contributed by atoms with van der Waals surface area (Å²) in [5, 5.41) is 12.9. The number of amides is 2. The van der Waals surface area contributed by atoms with E-state index in [1.54, 1.807) is 0 Å². The van der Waals surface area contributed by atoms with Crippen LogP contribution >= 0.6 is 0 Å². The van der Waals surface area contributed by atoms with Gasteiger partial charge in [-0.1, -0.05) is 57.2 Å². The molecule has 8 N–H and O–H groups in total. The molecule has 3 aliphatic heterocycles. The summed E-state index contributed by atoms with van der Waals surface area (Å²) < 4.78 is 0. The van der Waals surface area contributed by atoms with E-state index in [1.165, 1.54) is 5.56 Å². The van der Waals surface area contributed by atoms with E-state index in [1.807, 2.05) is 18.2 Å². The van der Waals surface area contributed by atoms with Gasteiger partial charge in [-0.3, -0.25) is 9.59 Å². The minimum Gasteiger partial charge on any atom is -0.397 e. The highest BCUT2D eigenvalue weighted by Gasteiger charge is 2.38. The maximum absolute atomic E-state index is 13.0. The molecule has 0 saturated carbocycles. The maximum Gasteiger partial charge on any atom is 0.241 e. The summed E-state index contributed by atoms with van der Waals surface area (Å²) >= 11 is 0. The zero-order valence-electron chi connectivity index (χ0n) is 26.8. The van der Waals surface area contributed by atoms with E-state index >= 15 is 0 Å². The molecule has 3 saturated heterocycles. The van der Waals surface area contributed by atoms with E-state index < -0.39 is 0 Å². The summed E-state index contributed by atoms with van der Waals surface area (Å²) in [6.07, 6.45) is 11.9. The summed E-state index contributed by atoms with van der Waals surface area (Å²) in [5.74, 6) is -0.0213. The van der Waals surface area contributed by atoms with Crippen molar-refractivity contribution in [2.75, 3.05) is 29.0 Å². The molecular formula is C36H49N7O2. The Bertz CT molecular complexity index is 1450. The third kappa shape index (κ3) is 6.81. The van der Waals surface area contributed by atoms with Gasteiger partial charge < -0.3 is 37.6 Å². The van der Waals surface area contributed by atoms with Crippen LogP contribution in [0.15, 0.2) is 66.3 Å². The van der Waals surface area contributed by atoms with Crippen LogP contribution in [0.25, 0.3) is 0 Å². The van der Waals surface area contributed by atoms with Crippen LogP contribution in [0.1, 0.15) is 76.5 Å². The van der Waals surface area contributed by atoms with Gasteiger partial charge in [0.15, 0.2) is 0 Å². The van der Waals surface area contributed by atoms with Crippen LogP contribution in [0.3, 0.4) is 0 Å². The Labute approximate surface area is 267 Å². The number of nitrogens with two attached hydrogens (primary N) is 2. The van der Waals surface area contributed by atoms with Gasteiger partial charge in [0.05, 0.1) is 41.6 Å². The van der Waals surface area contributed by atoms with Gasteiger partial charge in [-0.2, -0.15) is 0 Å².